The summed E-state index contributed by atoms with van der Waals surface area (Å²) in [6, 6.07) is 7.99. The van der Waals surface area contributed by atoms with Crippen molar-refractivity contribution < 1.29 is 4.79 Å². The van der Waals surface area contributed by atoms with Gasteiger partial charge in [0, 0.05) is 28.7 Å². The first-order chi connectivity index (χ1) is 10.6. The molecule has 0 atom stereocenters. The van der Waals surface area contributed by atoms with E-state index in [0.717, 1.165) is 27.9 Å². The number of aromatic nitrogens is 2. The van der Waals surface area contributed by atoms with Crippen molar-refractivity contribution in [1.29, 1.82) is 0 Å². The molecule has 1 aromatic carbocycles. The van der Waals surface area contributed by atoms with Crippen molar-refractivity contribution in [2.75, 3.05) is 12.3 Å². The highest BCUT2D eigenvalue weighted by Gasteiger charge is 2.25. The van der Waals surface area contributed by atoms with E-state index in [1.54, 1.807) is 0 Å². The maximum atomic E-state index is 12.7. The summed E-state index contributed by atoms with van der Waals surface area (Å²) in [5.41, 5.74) is 9.61. The van der Waals surface area contributed by atoms with E-state index in [1.807, 2.05) is 23.1 Å². The predicted molar refractivity (Wildman–Crippen MR) is 88.0 cm³/mol. The van der Waals surface area contributed by atoms with Crippen LogP contribution in [-0.4, -0.2) is 27.3 Å². The lowest BCUT2D eigenvalue weighted by atomic mass is 10.1. The fourth-order valence-corrected chi connectivity index (χ4v) is 3.88. The molecule has 0 saturated carbocycles. The molecule has 3 heterocycles. The molecule has 1 aliphatic rings. The number of anilines is 1. The topological polar surface area (TPSA) is 75.0 Å². The lowest BCUT2D eigenvalue weighted by molar-refractivity contribution is 0.0731. The van der Waals surface area contributed by atoms with E-state index in [4.69, 9.17) is 5.73 Å². The number of hydrogen-bond acceptors (Lipinski definition) is 4. The van der Waals surface area contributed by atoms with E-state index in [-0.39, 0.29) is 5.91 Å². The fraction of sp³-hybridized carbons (Fsp3) is 0.250. The number of nitrogens with one attached hydrogen (secondary N) is 1. The zero-order valence-electron chi connectivity index (χ0n) is 12.2. The van der Waals surface area contributed by atoms with Crippen LogP contribution in [0, 0.1) is 6.92 Å². The third-order valence-electron chi connectivity index (χ3n) is 4.15. The predicted octanol–water partition coefficient (Wildman–Crippen LogP) is 2.71. The molecule has 22 heavy (non-hydrogen) atoms. The van der Waals surface area contributed by atoms with Gasteiger partial charge in [-0.1, -0.05) is 12.1 Å². The SMILES string of the molecule is Cc1cccc2[nH]c(C(=O)N3CCc4nc(N)sc4C3)cc12. The normalized spacial score (nSPS) is 14.3. The maximum Gasteiger partial charge on any atom is 0.270 e. The number of aromatic amines is 1. The van der Waals surface area contributed by atoms with Gasteiger partial charge in [-0.3, -0.25) is 4.79 Å². The Morgan fingerprint density at radius 1 is 1.45 bits per heavy atom. The van der Waals surface area contributed by atoms with Crippen LogP contribution in [-0.2, 0) is 13.0 Å². The van der Waals surface area contributed by atoms with Crippen LogP contribution in [0.4, 0.5) is 5.13 Å². The second-order valence-electron chi connectivity index (χ2n) is 5.62. The van der Waals surface area contributed by atoms with Gasteiger partial charge in [-0.25, -0.2) is 4.98 Å². The molecule has 6 heteroatoms. The van der Waals surface area contributed by atoms with Crippen LogP contribution in [0.15, 0.2) is 24.3 Å². The number of rotatable bonds is 1. The fourth-order valence-electron chi connectivity index (χ4n) is 2.98. The molecular weight excluding hydrogens is 296 g/mol. The number of fused-ring (bicyclic) bond motifs is 2. The monoisotopic (exact) mass is 312 g/mol. The number of thiazole rings is 1. The molecule has 0 aliphatic carbocycles. The summed E-state index contributed by atoms with van der Waals surface area (Å²) < 4.78 is 0. The number of benzene rings is 1. The molecule has 112 valence electrons. The van der Waals surface area contributed by atoms with Crippen LogP contribution in [0.25, 0.3) is 10.9 Å². The van der Waals surface area contributed by atoms with Crippen molar-refractivity contribution in [1.82, 2.24) is 14.9 Å². The smallest absolute Gasteiger partial charge is 0.270 e. The average Bonchev–Trinajstić information content (AvgIpc) is 3.08. The van der Waals surface area contributed by atoms with E-state index in [1.165, 1.54) is 16.9 Å². The summed E-state index contributed by atoms with van der Waals surface area (Å²) >= 11 is 1.48. The van der Waals surface area contributed by atoms with Gasteiger partial charge in [-0.2, -0.15) is 0 Å². The Morgan fingerprint density at radius 3 is 3.14 bits per heavy atom. The molecule has 0 bridgehead atoms. The van der Waals surface area contributed by atoms with E-state index >= 15 is 0 Å². The summed E-state index contributed by atoms with van der Waals surface area (Å²) in [5, 5.41) is 1.69. The van der Waals surface area contributed by atoms with Gasteiger partial charge in [-0.15, -0.1) is 11.3 Å². The number of carbonyl (C=O) groups is 1. The Balaban J connectivity index is 1.65. The van der Waals surface area contributed by atoms with Crippen LogP contribution in [0.2, 0.25) is 0 Å². The third-order valence-corrected chi connectivity index (χ3v) is 5.06. The summed E-state index contributed by atoms with van der Waals surface area (Å²) in [4.78, 5) is 23.3. The standard InChI is InChI=1S/C16H16N4OS/c1-9-3-2-4-11-10(9)7-13(18-11)15(21)20-6-5-12-14(8-20)22-16(17)19-12/h2-4,7,18H,5-6,8H2,1H3,(H2,17,19). The Kier molecular flexibility index (Phi) is 2.94. The van der Waals surface area contributed by atoms with E-state index in [9.17, 15) is 4.79 Å². The summed E-state index contributed by atoms with van der Waals surface area (Å²) in [6.45, 7) is 3.33. The molecule has 3 aromatic rings. The van der Waals surface area contributed by atoms with Crippen LogP contribution in [0.5, 0.6) is 0 Å². The van der Waals surface area contributed by atoms with Crippen molar-refractivity contribution >= 4 is 33.3 Å². The molecule has 0 unspecified atom stereocenters. The van der Waals surface area contributed by atoms with Gasteiger partial charge in [-0.05, 0) is 24.6 Å². The quantitative estimate of drug-likeness (QED) is 0.725. The van der Waals surface area contributed by atoms with Crippen molar-refractivity contribution in [3.05, 3.63) is 46.1 Å². The number of H-pyrrole nitrogens is 1. The molecule has 0 fully saturated rings. The molecule has 0 saturated heterocycles. The Bertz CT molecular complexity index is 880. The highest BCUT2D eigenvalue weighted by molar-refractivity contribution is 7.15. The largest absolute Gasteiger partial charge is 0.375 e. The number of nitrogens with zero attached hydrogens (tertiary/aromatic N) is 2. The number of amides is 1. The Hall–Kier alpha value is -2.34. The molecular formula is C16H16N4OS. The summed E-state index contributed by atoms with van der Waals surface area (Å²) in [5.74, 6) is 0.0354. The lowest BCUT2D eigenvalue weighted by Crippen LogP contribution is -2.35. The first-order valence-corrected chi connectivity index (χ1v) is 8.05. The summed E-state index contributed by atoms with van der Waals surface area (Å²) in [7, 11) is 0. The van der Waals surface area contributed by atoms with Gasteiger partial charge in [0.1, 0.15) is 5.69 Å². The van der Waals surface area contributed by atoms with Gasteiger partial charge in [0.25, 0.3) is 5.91 Å². The first kappa shape index (κ1) is 13.3. The minimum Gasteiger partial charge on any atom is -0.375 e. The highest BCUT2D eigenvalue weighted by atomic mass is 32.1. The molecule has 1 aliphatic heterocycles. The average molecular weight is 312 g/mol. The van der Waals surface area contributed by atoms with Crippen molar-refractivity contribution in [3.63, 3.8) is 0 Å². The number of hydrogen-bond donors (Lipinski definition) is 2. The number of carbonyl (C=O) groups excluding carboxylic acids is 1. The second-order valence-corrected chi connectivity index (χ2v) is 6.73. The van der Waals surface area contributed by atoms with Crippen LogP contribution >= 0.6 is 11.3 Å². The molecule has 5 nitrogen and oxygen atoms in total. The van der Waals surface area contributed by atoms with Gasteiger partial charge in [0.15, 0.2) is 5.13 Å². The van der Waals surface area contributed by atoms with E-state index in [2.05, 4.69) is 23.0 Å². The first-order valence-electron chi connectivity index (χ1n) is 7.23. The minimum atomic E-state index is 0.0354. The molecule has 4 rings (SSSR count). The van der Waals surface area contributed by atoms with Gasteiger partial charge in [0.05, 0.1) is 12.2 Å². The van der Waals surface area contributed by atoms with E-state index < -0.39 is 0 Å². The number of nitrogen functional groups attached to an aromatic ring is 1. The van der Waals surface area contributed by atoms with Crippen LogP contribution < -0.4 is 5.73 Å². The number of aryl methyl sites for hydroxylation is 1. The zero-order valence-corrected chi connectivity index (χ0v) is 13.0. The third kappa shape index (κ3) is 2.07. The summed E-state index contributed by atoms with van der Waals surface area (Å²) in [6.07, 6.45) is 0.772. The van der Waals surface area contributed by atoms with E-state index in [0.29, 0.717) is 23.9 Å². The maximum absolute atomic E-state index is 12.7. The van der Waals surface area contributed by atoms with Crippen LogP contribution in [0.1, 0.15) is 26.6 Å². The molecule has 0 spiro atoms. The van der Waals surface area contributed by atoms with Crippen molar-refractivity contribution in [3.8, 4) is 0 Å². The van der Waals surface area contributed by atoms with Crippen molar-refractivity contribution in [2.24, 2.45) is 0 Å². The second kappa shape index (κ2) is 4.84. The molecule has 0 radical (unpaired) electrons. The van der Waals surface area contributed by atoms with Gasteiger partial charge in [0.2, 0.25) is 0 Å². The molecule has 1 amide bonds. The van der Waals surface area contributed by atoms with Gasteiger partial charge < -0.3 is 15.6 Å². The zero-order chi connectivity index (χ0) is 15.3. The Labute approximate surface area is 131 Å². The van der Waals surface area contributed by atoms with Crippen LogP contribution in [0.3, 0.4) is 0 Å². The van der Waals surface area contributed by atoms with Crippen molar-refractivity contribution in [2.45, 2.75) is 19.9 Å². The highest BCUT2D eigenvalue weighted by Crippen LogP contribution is 2.28. The molecule has 2 aromatic heterocycles. The minimum absolute atomic E-state index is 0.0354. The Morgan fingerprint density at radius 2 is 2.32 bits per heavy atom. The lowest BCUT2D eigenvalue weighted by Gasteiger charge is -2.25. The van der Waals surface area contributed by atoms with Gasteiger partial charge >= 0.3 is 0 Å². The molecule has 3 N–H and O–H groups in total. The number of nitrogens with two attached hydrogens (primary N) is 1.